The Labute approximate surface area is 213 Å². The molecular formula is C23H15Cl2N3O6S. The summed E-state index contributed by atoms with van der Waals surface area (Å²) in [5, 5.41) is 11.1. The van der Waals surface area contributed by atoms with E-state index >= 15 is 0 Å². The molecule has 1 aliphatic heterocycles. The third-order valence-corrected chi connectivity index (χ3v) is 6.48. The number of rotatable bonds is 7. The minimum Gasteiger partial charge on any atom is -0.493 e. The number of halogens is 2. The third-order valence-electron chi connectivity index (χ3n) is 4.83. The number of hydrogen-bond acceptors (Lipinski definition) is 8. The first-order valence-corrected chi connectivity index (χ1v) is 11.5. The van der Waals surface area contributed by atoms with Crippen LogP contribution in [-0.2, 0) is 11.3 Å². The van der Waals surface area contributed by atoms with Gasteiger partial charge in [-0.25, -0.2) is 4.98 Å². The molecule has 12 heteroatoms. The molecule has 35 heavy (non-hydrogen) atoms. The number of pyridine rings is 1. The van der Waals surface area contributed by atoms with Crippen molar-refractivity contribution < 1.29 is 24.0 Å². The van der Waals surface area contributed by atoms with Gasteiger partial charge in [0, 0.05) is 12.1 Å². The Bertz CT molecular complexity index is 1360. The van der Waals surface area contributed by atoms with Crippen LogP contribution in [0.25, 0.3) is 6.08 Å². The average Bonchev–Trinajstić information content (AvgIpc) is 3.10. The number of amides is 2. The first kappa shape index (κ1) is 24.5. The van der Waals surface area contributed by atoms with E-state index in [2.05, 4.69) is 4.98 Å². The summed E-state index contributed by atoms with van der Waals surface area (Å²) in [7, 11) is 1.44. The van der Waals surface area contributed by atoms with Crippen LogP contribution in [0, 0.1) is 10.1 Å². The van der Waals surface area contributed by atoms with E-state index < -0.39 is 16.1 Å². The van der Waals surface area contributed by atoms with Crippen LogP contribution in [0.3, 0.4) is 0 Å². The zero-order valence-corrected chi connectivity index (χ0v) is 20.3. The Hall–Kier alpha value is -3.60. The minimum absolute atomic E-state index is 0.0667. The average molecular weight is 532 g/mol. The van der Waals surface area contributed by atoms with Gasteiger partial charge < -0.3 is 9.47 Å². The summed E-state index contributed by atoms with van der Waals surface area (Å²) in [4.78, 5) is 40.8. The molecule has 0 atom stereocenters. The first-order chi connectivity index (χ1) is 16.7. The van der Waals surface area contributed by atoms with Gasteiger partial charge in [-0.3, -0.25) is 24.6 Å². The highest BCUT2D eigenvalue weighted by Gasteiger charge is 2.35. The van der Waals surface area contributed by atoms with E-state index in [9.17, 15) is 19.7 Å². The van der Waals surface area contributed by atoms with Crippen molar-refractivity contribution in [3.05, 3.63) is 90.9 Å². The van der Waals surface area contributed by atoms with Crippen molar-refractivity contribution in [3.63, 3.8) is 0 Å². The molecule has 0 bridgehead atoms. The van der Waals surface area contributed by atoms with Crippen molar-refractivity contribution in [2.45, 2.75) is 6.54 Å². The standard InChI is InChI=1S/C23H15Cl2N3O6S/c1-33-19-9-13(3-6-18(19)34-21-7-4-15(11-26-21)28(31)32)10-20-22(29)27(23(30)35-20)12-14-2-5-16(24)17(25)8-14/h2-11H,12H2,1H3. The van der Waals surface area contributed by atoms with Crippen LogP contribution in [0.4, 0.5) is 10.5 Å². The summed E-state index contributed by atoms with van der Waals surface area (Å²) in [5.74, 6) is 0.373. The number of hydrogen-bond donors (Lipinski definition) is 0. The second kappa shape index (κ2) is 10.3. The van der Waals surface area contributed by atoms with Gasteiger partial charge in [-0.15, -0.1) is 0 Å². The van der Waals surface area contributed by atoms with Crippen molar-refractivity contribution in [1.29, 1.82) is 0 Å². The molecule has 178 valence electrons. The molecule has 2 heterocycles. The lowest BCUT2D eigenvalue weighted by molar-refractivity contribution is -0.385. The SMILES string of the molecule is COc1cc(C=C2SC(=O)N(Cc3ccc(Cl)c(Cl)c3)C2=O)ccc1Oc1ccc([N+](=O)[O-])cn1. The number of ether oxygens (including phenoxy) is 2. The number of benzene rings is 2. The Balaban J connectivity index is 1.51. The summed E-state index contributed by atoms with van der Waals surface area (Å²) in [6.45, 7) is 0.0667. The topological polar surface area (TPSA) is 112 Å². The van der Waals surface area contributed by atoms with E-state index in [1.165, 1.54) is 19.2 Å². The van der Waals surface area contributed by atoms with Gasteiger partial charge in [0.1, 0.15) is 6.20 Å². The van der Waals surface area contributed by atoms with E-state index in [0.717, 1.165) is 22.9 Å². The Kier molecular flexibility index (Phi) is 7.25. The molecule has 0 spiro atoms. The van der Waals surface area contributed by atoms with Gasteiger partial charge in [0.25, 0.3) is 16.8 Å². The van der Waals surface area contributed by atoms with E-state index in [4.69, 9.17) is 32.7 Å². The van der Waals surface area contributed by atoms with Crippen molar-refractivity contribution in [1.82, 2.24) is 9.88 Å². The van der Waals surface area contributed by atoms with Crippen LogP contribution in [-0.4, -0.2) is 33.1 Å². The number of methoxy groups -OCH3 is 1. The number of nitro groups is 1. The zero-order valence-electron chi connectivity index (χ0n) is 17.9. The second-order valence-corrected chi connectivity index (χ2v) is 8.95. The molecule has 3 aromatic rings. The van der Waals surface area contributed by atoms with Crippen LogP contribution < -0.4 is 9.47 Å². The number of aromatic nitrogens is 1. The monoisotopic (exact) mass is 531 g/mol. The zero-order chi connectivity index (χ0) is 25.1. The molecule has 0 saturated carbocycles. The summed E-state index contributed by atoms with van der Waals surface area (Å²) >= 11 is 12.8. The third kappa shape index (κ3) is 5.56. The number of nitrogens with zero attached hydrogens (tertiary/aromatic N) is 3. The molecule has 4 rings (SSSR count). The fraction of sp³-hybridized carbons (Fsp3) is 0.0870. The van der Waals surface area contributed by atoms with Crippen molar-refractivity contribution in [2.24, 2.45) is 0 Å². The highest BCUT2D eigenvalue weighted by atomic mass is 35.5. The Morgan fingerprint density at radius 1 is 1.09 bits per heavy atom. The highest BCUT2D eigenvalue weighted by molar-refractivity contribution is 8.18. The molecule has 0 aliphatic carbocycles. The van der Waals surface area contributed by atoms with Crippen LogP contribution >= 0.6 is 35.0 Å². The van der Waals surface area contributed by atoms with Crippen LogP contribution in [0.15, 0.2) is 59.6 Å². The van der Waals surface area contributed by atoms with Gasteiger partial charge >= 0.3 is 0 Å². The number of thioether (sulfide) groups is 1. The molecule has 0 N–H and O–H groups in total. The van der Waals surface area contributed by atoms with E-state index in [-0.39, 0.29) is 23.0 Å². The minimum atomic E-state index is -0.557. The lowest BCUT2D eigenvalue weighted by Crippen LogP contribution is -2.27. The maximum Gasteiger partial charge on any atom is 0.293 e. The van der Waals surface area contributed by atoms with Crippen molar-refractivity contribution in [3.8, 4) is 17.4 Å². The quantitative estimate of drug-likeness (QED) is 0.197. The summed E-state index contributed by atoms with van der Waals surface area (Å²) in [6.07, 6.45) is 2.67. The molecule has 2 aromatic carbocycles. The fourth-order valence-corrected chi connectivity index (χ4v) is 4.28. The fourth-order valence-electron chi connectivity index (χ4n) is 3.12. The summed E-state index contributed by atoms with van der Waals surface area (Å²) < 4.78 is 11.0. The van der Waals surface area contributed by atoms with Gasteiger partial charge in [-0.2, -0.15) is 0 Å². The van der Waals surface area contributed by atoms with Crippen molar-refractivity contribution in [2.75, 3.05) is 7.11 Å². The van der Waals surface area contributed by atoms with E-state index in [1.54, 1.807) is 42.5 Å². The molecule has 0 unspecified atom stereocenters. The van der Waals surface area contributed by atoms with Crippen LogP contribution in [0.1, 0.15) is 11.1 Å². The van der Waals surface area contributed by atoms with E-state index in [0.29, 0.717) is 32.7 Å². The lowest BCUT2D eigenvalue weighted by Gasteiger charge is -2.13. The van der Waals surface area contributed by atoms with Crippen LogP contribution in [0.5, 0.6) is 17.4 Å². The summed E-state index contributed by atoms with van der Waals surface area (Å²) in [5.41, 5.74) is 1.12. The van der Waals surface area contributed by atoms with Gasteiger partial charge in [0.05, 0.1) is 33.5 Å². The van der Waals surface area contributed by atoms with Gasteiger partial charge in [-0.1, -0.05) is 35.3 Å². The Morgan fingerprint density at radius 3 is 2.54 bits per heavy atom. The lowest BCUT2D eigenvalue weighted by atomic mass is 10.1. The number of imide groups is 1. The molecule has 1 fully saturated rings. The summed E-state index contributed by atoms with van der Waals surface area (Å²) in [6, 6.07) is 12.5. The normalized spacial score (nSPS) is 14.5. The second-order valence-electron chi connectivity index (χ2n) is 7.14. The van der Waals surface area contributed by atoms with Gasteiger partial charge in [0.15, 0.2) is 11.5 Å². The Morgan fingerprint density at radius 2 is 1.89 bits per heavy atom. The highest BCUT2D eigenvalue weighted by Crippen LogP contribution is 2.36. The van der Waals surface area contributed by atoms with Crippen molar-refractivity contribution >= 4 is 57.9 Å². The predicted octanol–water partition coefficient (Wildman–Crippen LogP) is 6.33. The van der Waals surface area contributed by atoms with Gasteiger partial charge in [0.2, 0.25) is 5.88 Å². The predicted molar refractivity (Wildman–Crippen MR) is 132 cm³/mol. The molecule has 1 aromatic heterocycles. The van der Waals surface area contributed by atoms with Crippen LogP contribution in [0.2, 0.25) is 10.0 Å². The first-order valence-electron chi connectivity index (χ1n) is 9.91. The molecule has 1 aliphatic rings. The number of carbonyl (C=O) groups excluding carboxylic acids is 2. The molecule has 0 radical (unpaired) electrons. The molecule has 2 amide bonds. The largest absolute Gasteiger partial charge is 0.493 e. The molecular weight excluding hydrogens is 517 g/mol. The van der Waals surface area contributed by atoms with E-state index in [1.807, 2.05) is 0 Å². The maximum atomic E-state index is 12.9. The smallest absolute Gasteiger partial charge is 0.293 e. The molecule has 1 saturated heterocycles. The molecule has 9 nitrogen and oxygen atoms in total. The number of carbonyl (C=O) groups is 2. The maximum absolute atomic E-state index is 12.9. The van der Waals surface area contributed by atoms with Gasteiger partial charge in [-0.05, 0) is 53.2 Å².